The van der Waals surface area contributed by atoms with E-state index in [-0.39, 0.29) is 0 Å². The van der Waals surface area contributed by atoms with Crippen molar-refractivity contribution >= 4 is 12.6 Å². The van der Waals surface area contributed by atoms with E-state index in [0.717, 1.165) is 5.92 Å². The standard InChI is InChI=1S/C5H9N2O/c1-5(2)3-6-7-4-8/h3-4H,1-2H3,(H,7,8)/b6-3+. The zero-order chi connectivity index (χ0) is 6.41. The SMILES string of the molecule is C[C](C)/C=N/NC=O. The fourth-order valence-corrected chi connectivity index (χ4v) is 0.197. The molecule has 0 fully saturated rings. The van der Waals surface area contributed by atoms with Crippen LogP contribution in [0.4, 0.5) is 0 Å². The molecule has 0 bridgehead atoms. The van der Waals surface area contributed by atoms with Crippen LogP contribution in [0, 0.1) is 5.92 Å². The van der Waals surface area contributed by atoms with Crippen LogP contribution in [0.5, 0.6) is 0 Å². The molecule has 0 heterocycles. The average molecular weight is 113 g/mol. The normalized spacial score (nSPS) is 10.4. The van der Waals surface area contributed by atoms with Gasteiger partial charge in [0.25, 0.3) is 0 Å². The minimum absolute atomic E-state index is 0.527. The van der Waals surface area contributed by atoms with Gasteiger partial charge in [-0.3, -0.25) is 10.2 Å². The Labute approximate surface area is 48.8 Å². The first-order valence-electron chi connectivity index (χ1n) is 2.29. The zero-order valence-corrected chi connectivity index (χ0v) is 5.01. The molecule has 3 nitrogen and oxygen atoms in total. The first-order valence-corrected chi connectivity index (χ1v) is 2.29. The molecule has 3 heteroatoms. The van der Waals surface area contributed by atoms with Crippen LogP contribution in [0.1, 0.15) is 13.8 Å². The van der Waals surface area contributed by atoms with E-state index in [2.05, 4.69) is 10.5 Å². The van der Waals surface area contributed by atoms with Crippen LogP contribution in [-0.2, 0) is 4.79 Å². The molecule has 0 aromatic heterocycles. The van der Waals surface area contributed by atoms with Gasteiger partial charge in [-0.1, -0.05) is 13.8 Å². The summed E-state index contributed by atoms with van der Waals surface area (Å²) >= 11 is 0. The third kappa shape index (κ3) is 5.14. The molecule has 8 heavy (non-hydrogen) atoms. The lowest BCUT2D eigenvalue weighted by Crippen LogP contribution is -2.01. The summed E-state index contributed by atoms with van der Waals surface area (Å²) in [4.78, 5) is 9.55. The third-order valence-corrected chi connectivity index (χ3v) is 0.450. The molecule has 0 unspecified atom stereocenters. The molecule has 1 N–H and O–H groups in total. The van der Waals surface area contributed by atoms with E-state index in [0.29, 0.717) is 6.41 Å². The van der Waals surface area contributed by atoms with Gasteiger partial charge in [-0.05, 0) is 0 Å². The minimum Gasteiger partial charge on any atom is -0.277 e. The van der Waals surface area contributed by atoms with E-state index < -0.39 is 0 Å². The van der Waals surface area contributed by atoms with Gasteiger partial charge in [0.05, 0.1) is 0 Å². The average Bonchev–Trinajstić information content (AvgIpc) is 1.66. The largest absolute Gasteiger partial charge is 0.277 e. The maximum atomic E-state index is 9.55. The molecule has 0 aliphatic carbocycles. The molecule has 0 spiro atoms. The van der Waals surface area contributed by atoms with Gasteiger partial charge >= 0.3 is 0 Å². The lowest BCUT2D eigenvalue weighted by Gasteiger charge is -1.88. The topological polar surface area (TPSA) is 41.5 Å². The van der Waals surface area contributed by atoms with Gasteiger partial charge < -0.3 is 0 Å². The smallest absolute Gasteiger partial charge is 0.227 e. The predicted octanol–water partition coefficient (Wildman–Crippen LogP) is 0.332. The zero-order valence-electron chi connectivity index (χ0n) is 5.01. The molecule has 0 aromatic rings. The van der Waals surface area contributed by atoms with Crippen LogP contribution >= 0.6 is 0 Å². The number of amides is 1. The summed E-state index contributed by atoms with van der Waals surface area (Å²) in [6.45, 7) is 3.80. The Morgan fingerprint density at radius 2 is 2.25 bits per heavy atom. The molecule has 0 saturated heterocycles. The first kappa shape index (κ1) is 7.14. The van der Waals surface area contributed by atoms with Crippen LogP contribution in [0.25, 0.3) is 0 Å². The van der Waals surface area contributed by atoms with E-state index >= 15 is 0 Å². The van der Waals surface area contributed by atoms with Crippen molar-refractivity contribution in [3.63, 3.8) is 0 Å². The Morgan fingerprint density at radius 3 is 2.62 bits per heavy atom. The number of hydrogen-bond acceptors (Lipinski definition) is 2. The molecule has 0 aromatic carbocycles. The highest BCUT2D eigenvalue weighted by Crippen LogP contribution is 1.85. The molecule has 1 amide bonds. The second kappa shape index (κ2) is 4.30. The Bertz CT molecular complexity index is 88.4. The number of hydrogen-bond donors (Lipinski definition) is 1. The third-order valence-electron chi connectivity index (χ3n) is 0.450. The molecule has 45 valence electrons. The van der Waals surface area contributed by atoms with Gasteiger partial charge in [0.2, 0.25) is 6.41 Å². The van der Waals surface area contributed by atoms with Crippen molar-refractivity contribution < 1.29 is 4.79 Å². The van der Waals surface area contributed by atoms with Gasteiger partial charge in [0.15, 0.2) is 0 Å². The van der Waals surface area contributed by atoms with Crippen molar-refractivity contribution in [2.45, 2.75) is 13.8 Å². The van der Waals surface area contributed by atoms with Crippen LogP contribution in [0.2, 0.25) is 0 Å². The number of carbonyl (C=O) groups is 1. The number of hydrazone groups is 1. The Morgan fingerprint density at radius 1 is 1.62 bits per heavy atom. The first-order chi connectivity index (χ1) is 3.77. The van der Waals surface area contributed by atoms with Crippen molar-refractivity contribution in [1.29, 1.82) is 0 Å². The Hall–Kier alpha value is -0.860. The summed E-state index contributed by atoms with van der Waals surface area (Å²) in [5.74, 6) is 1.05. The van der Waals surface area contributed by atoms with Crippen LogP contribution in [0.15, 0.2) is 5.10 Å². The van der Waals surface area contributed by atoms with Crippen molar-refractivity contribution in [2.75, 3.05) is 0 Å². The van der Waals surface area contributed by atoms with Gasteiger partial charge in [0.1, 0.15) is 0 Å². The summed E-state index contributed by atoms with van der Waals surface area (Å²) < 4.78 is 0. The Kier molecular flexibility index (Phi) is 3.84. The second-order valence-electron chi connectivity index (χ2n) is 1.58. The molecule has 0 aliphatic heterocycles. The second-order valence-corrected chi connectivity index (χ2v) is 1.58. The molecule has 0 atom stereocenters. The molecular weight excluding hydrogens is 104 g/mol. The summed E-state index contributed by atoms with van der Waals surface area (Å²) in [7, 11) is 0. The fourth-order valence-electron chi connectivity index (χ4n) is 0.197. The summed E-state index contributed by atoms with van der Waals surface area (Å²) in [6, 6.07) is 0. The summed E-state index contributed by atoms with van der Waals surface area (Å²) in [6.07, 6.45) is 2.10. The molecular formula is C5H9N2O. The van der Waals surface area contributed by atoms with Gasteiger partial charge in [-0.2, -0.15) is 5.10 Å². The molecule has 0 rings (SSSR count). The van der Waals surface area contributed by atoms with Crippen LogP contribution in [0.3, 0.4) is 0 Å². The molecule has 0 aliphatic rings. The number of nitrogens with one attached hydrogen (secondary N) is 1. The van der Waals surface area contributed by atoms with Crippen LogP contribution in [-0.4, -0.2) is 12.6 Å². The highest BCUT2D eigenvalue weighted by Gasteiger charge is 1.81. The number of nitrogens with zero attached hydrogens (tertiary/aromatic N) is 1. The number of carbonyl (C=O) groups excluding carboxylic acids is 1. The van der Waals surface area contributed by atoms with E-state index in [1.165, 1.54) is 0 Å². The maximum Gasteiger partial charge on any atom is 0.227 e. The monoisotopic (exact) mass is 113 g/mol. The van der Waals surface area contributed by atoms with E-state index in [1.807, 2.05) is 13.8 Å². The van der Waals surface area contributed by atoms with Crippen LogP contribution < -0.4 is 5.43 Å². The fraction of sp³-hybridized carbons (Fsp3) is 0.400. The van der Waals surface area contributed by atoms with Crippen molar-refractivity contribution in [1.82, 2.24) is 5.43 Å². The highest BCUT2D eigenvalue weighted by molar-refractivity contribution is 5.73. The summed E-state index contributed by atoms with van der Waals surface area (Å²) in [5.41, 5.74) is 2.15. The van der Waals surface area contributed by atoms with Crippen molar-refractivity contribution in [2.24, 2.45) is 5.10 Å². The summed E-state index contributed by atoms with van der Waals surface area (Å²) in [5, 5.41) is 3.51. The lowest BCUT2D eigenvalue weighted by atomic mass is 10.3. The van der Waals surface area contributed by atoms with Crippen molar-refractivity contribution in [3.05, 3.63) is 5.92 Å². The van der Waals surface area contributed by atoms with Gasteiger partial charge in [-0.15, -0.1) is 0 Å². The highest BCUT2D eigenvalue weighted by atomic mass is 16.1. The van der Waals surface area contributed by atoms with Gasteiger partial charge in [0, 0.05) is 12.1 Å². The molecule has 1 radical (unpaired) electrons. The predicted molar refractivity (Wildman–Crippen MR) is 32.3 cm³/mol. The van der Waals surface area contributed by atoms with Crippen molar-refractivity contribution in [3.8, 4) is 0 Å². The lowest BCUT2D eigenvalue weighted by molar-refractivity contribution is -0.109. The van der Waals surface area contributed by atoms with E-state index in [1.54, 1.807) is 6.21 Å². The minimum atomic E-state index is 0.527. The Balaban J connectivity index is 3.19. The van der Waals surface area contributed by atoms with Gasteiger partial charge in [-0.25, -0.2) is 0 Å². The van der Waals surface area contributed by atoms with E-state index in [4.69, 9.17) is 0 Å². The quantitative estimate of drug-likeness (QED) is 0.320. The number of rotatable bonds is 3. The maximum absolute atomic E-state index is 9.55. The van der Waals surface area contributed by atoms with E-state index in [9.17, 15) is 4.79 Å². The molecule has 0 saturated carbocycles.